The van der Waals surface area contributed by atoms with Gasteiger partial charge in [0.05, 0.1) is 46.9 Å². The fourth-order valence-electron chi connectivity index (χ4n) is 3.26. The van der Waals surface area contributed by atoms with Crippen LogP contribution in [0.2, 0.25) is 0 Å². The second kappa shape index (κ2) is 29.4. The van der Waals surface area contributed by atoms with Crippen LogP contribution in [0, 0.1) is 0 Å². The molecule has 0 aromatic heterocycles. The topological polar surface area (TPSA) is 237 Å². The van der Waals surface area contributed by atoms with E-state index in [2.05, 4.69) is 18.9 Å². The summed E-state index contributed by atoms with van der Waals surface area (Å²) in [5, 5.41) is 0. The van der Waals surface area contributed by atoms with Crippen molar-refractivity contribution in [2.45, 2.75) is 98.7 Å². The van der Waals surface area contributed by atoms with Crippen molar-refractivity contribution in [1.82, 2.24) is 0 Å². The van der Waals surface area contributed by atoms with Gasteiger partial charge < -0.3 is 42.6 Å². The third kappa shape index (κ3) is 29.1. The lowest BCUT2D eigenvalue weighted by Gasteiger charge is -2.28. The van der Waals surface area contributed by atoms with Crippen LogP contribution in [0.1, 0.15) is 87.0 Å². The van der Waals surface area contributed by atoms with Gasteiger partial charge in [-0.05, 0) is 33.6 Å². The van der Waals surface area contributed by atoms with Crippen molar-refractivity contribution < 1.29 is 85.8 Å². The Morgan fingerprint density at radius 2 is 0.898 bits per heavy atom. The van der Waals surface area contributed by atoms with Crippen molar-refractivity contribution in [3.8, 4) is 0 Å². The van der Waals surface area contributed by atoms with E-state index in [1.54, 1.807) is 20.8 Å². The number of hydrogen-bond donors (Lipinski definition) is 0. The molecule has 0 rings (SSSR count). The molecule has 0 fully saturated rings. The molecule has 18 nitrogen and oxygen atoms in total. The summed E-state index contributed by atoms with van der Waals surface area (Å²) in [6.45, 7) is 9.37. The molecule has 0 bridgehead atoms. The van der Waals surface area contributed by atoms with Crippen LogP contribution in [0.25, 0.3) is 0 Å². The Hall–Kier alpha value is -4.77. The van der Waals surface area contributed by atoms with Crippen LogP contribution in [-0.2, 0) is 85.8 Å². The van der Waals surface area contributed by atoms with Gasteiger partial charge in [0, 0.05) is 40.5 Å². The second-order valence-corrected chi connectivity index (χ2v) is 9.47. The number of methoxy groups -OCH3 is 2. The SMILES string of the molecule is CC(=O)OCC(COC(C)=O)OC(C)=O.CCOC(=O)CC(CC(=O)OCC)(OC(C)=O)C(=O)OCC.COC(=O)CCCCC(=O)OC. The molecule has 0 amide bonds. The molecule has 49 heavy (non-hydrogen) atoms. The number of rotatable bonds is 19. The van der Waals surface area contributed by atoms with Crippen molar-refractivity contribution >= 4 is 53.7 Å². The van der Waals surface area contributed by atoms with E-state index in [-0.39, 0.29) is 45.0 Å². The fraction of sp³-hybridized carbons (Fsp3) is 0.710. The minimum absolute atomic E-state index is 0.00645. The highest BCUT2D eigenvalue weighted by atomic mass is 16.6. The van der Waals surface area contributed by atoms with Gasteiger partial charge in [-0.15, -0.1) is 0 Å². The highest BCUT2D eigenvalue weighted by Crippen LogP contribution is 2.25. The minimum atomic E-state index is -2.08. The number of carbonyl (C=O) groups excluding carboxylic acids is 9. The lowest BCUT2D eigenvalue weighted by Crippen LogP contribution is -2.48. The first-order valence-corrected chi connectivity index (χ1v) is 15.2. The molecule has 0 aliphatic carbocycles. The molecule has 0 unspecified atom stereocenters. The minimum Gasteiger partial charge on any atom is -0.469 e. The first-order valence-electron chi connectivity index (χ1n) is 15.2. The van der Waals surface area contributed by atoms with Gasteiger partial charge in [-0.2, -0.15) is 0 Å². The van der Waals surface area contributed by atoms with Crippen LogP contribution in [-0.4, -0.2) is 113 Å². The van der Waals surface area contributed by atoms with E-state index in [0.29, 0.717) is 25.7 Å². The van der Waals surface area contributed by atoms with E-state index in [4.69, 9.17) is 23.7 Å². The van der Waals surface area contributed by atoms with Crippen molar-refractivity contribution in [2.24, 2.45) is 0 Å². The van der Waals surface area contributed by atoms with E-state index < -0.39 is 66.3 Å². The summed E-state index contributed by atoms with van der Waals surface area (Å²) >= 11 is 0. The third-order valence-electron chi connectivity index (χ3n) is 5.20. The molecule has 0 aromatic rings. The Kier molecular flexibility index (Phi) is 29.2. The summed E-state index contributed by atoms with van der Waals surface area (Å²) in [5.74, 6) is -5.39. The largest absolute Gasteiger partial charge is 0.469 e. The smallest absolute Gasteiger partial charge is 0.351 e. The first-order chi connectivity index (χ1) is 22.9. The van der Waals surface area contributed by atoms with Crippen LogP contribution >= 0.6 is 0 Å². The Morgan fingerprint density at radius 3 is 1.18 bits per heavy atom. The summed E-state index contributed by atoms with van der Waals surface area (Å²) < 4.78 is 42.2. The zero-order valence-corrected chi connectivity index (χ0v) is 29.7. The summed E-state index contributed by atoms with van der Waals surface area (Å²) in [5.41, 5.74) is -2.08. The van der Waals surface area contributed by atoms with Crippen LogP contribution in [0.5, 0.6) is 0 Å². The molecule has 0 aliphatic heterocycles. The summed E-state index contributed by atoms with van der Waals surface area (Å²) in [7, 11) is 2.70. The predicted molar refractivity (Wildman–Crippen MR) is 165 cm³/mol. The average molecular weight is 711 g/mol. The number of hydrogen-bond acceptors (Lipinski definition) is 18. The number of esters is 9. The van der Waals surface area contributed by atoms with E-state index in [9.17, 15) is 43.2 Å². The second-order valence-electron chi connectivity index (χ2n) is 9.47. The molecule has 0 atom stereocenters. The molecule has 18 heteroatoms. The van der Waals surface area contributed by atoms with Gasteiger partial charge in [-0.25, -0.2) is 4.79 Å². The summed E-state index contributed by atoms with van der Waals surface area (Å²) in [6.07, 6.45) is 0.0658. The molecular formula is C31H50O18. The van der Waals surface area contributed by atoms with Crippen molar-refractivity contribution in [2.75, 3.05) is 47.3 Å². The van der Waals surface area contributed by atoms with E-state index >= 15 is 0 Å². The third-order valence-corrected chi connectivity index (χ3v) is 5.20. The summed E-state index contributed by atoms with van der Waals surface area (Å²) in [4.78, 5) is 99.7. The van der Waals surface area contributed by atoms with Gasteiger partial charge in [0.1, 0.15) is 13.2 Å². The Balaban J connectivity index is -0.000000684. The number of ether oxygens (including phenoxy) is 9. The molecule has 0 aromatic carbocycles. The van der Waals surface area contributed by atoms with Gasteiger partial charge in [0.25, 0.3) is 0 Å². The highest BCUT2D eigenvalue weighted by Gasteiger charge is 2.48. The zero-order valence-electron chi connectivity index (χ0n) is 29.7. The molecule has 0 saturated carbocycles. The molecule has 0 radical (unpaired) electrons. The zero-order chi connectivity index (χ0) is 38.4. The molecule has 0 aliphatic rings. The number of carbonyl (C=O) groups is 9. The highest BCUT2D eigenvalue weighted by molar-refractivity contribution is 5.92. The quantitative estimate of drug-likeness (QED) is 0.105. The molecule has 0 N–H and O–H groups in total. The predicted octanol–water partition coefficient (Wildman–Crippen LogP) is 1.69. The average Bonchev–Trinajstić information content (AvgIpc) is 3.00. The van der Waals surface area contributed by atoms with Gasteiger partial charge in [-0.1, -0.05) is 0 Å². The Labute approximate surface area is 285 Å². The van der Waals surface area contributed by atoms with Gasteiger partial charge >= 0.3 is 53.7 Å². The lowest BCUT2D eigenvalue weighted by atomic mass is 9.95. The Morgan fingerprint density at radius 1 is 0.510 bits per heavy atom. The normalized spacial score (nSPS) is 9.92. The molecule has 0 saturated heterocycles. The Bertz CT molecular complexity index is 1010. The van der Waals surface area contributed by atoms with Crippen molar-refractivity contribution in [1.29, 1.82) is 0 Å². The first kappa shape index (κ1) is 48.6. The van der Waals surface area contributed by atoms with Crippen LogP contribution in [0.15, 0.2) is 0 Å². The van der Waals surface area contributed by atoms with E-state index in [1.165, 1.54) is 35.0 Å². The van der Waals surface area contributed by atoms with Gasteiger partial charge in [0.2, 0.25) is 5.60 Å². The van der Waals surface area contributed by atoms with E-state index in [0.717, 1.165) is 6.92 Å². The molecular weight excluding hydrogens is 660 g/mol. The maximum atomic E-state index is 12.2. The standard InChI is InChI=1S/C14H22O8.C9H14O6.C8H14O4/c1-5-19-11(16)8-14(22-10(4)15,13(18)21-7-3)9-12(17)20-6-2;1-6(10)13-4-9(15-8(3)12)5-14-7(2)11;1-11-7(9)5-3-4-6-8(10)12-2/h5-9H2,1-4H3;9H,4-5H2,1-3H3;3-6H2,1-2H3. The van der Waals surface area contributed by atoms with Gasteiger partial charge in [-0.3, -0.25) is 38.4 Å². The maximum Gasteiger partial charge on any atom is 0.351 e. The number of unbranched alkanes of at least 4 members (excludes halogenated alkanes) is 1. The van der Waals surface area contributed by atoms with Crippen LogP contribution in [0.4, 0.5) is 0 Å². The monoisotopic (exact) mass is 710 g/mol. The van der Waals surface area contributed by atoms with E-state index in [1.807, 2.05) is 0 Å². The fourth-order valence-corrected chi connectivity index (χ4v) is 3.26. The maximum absolute atomic E-state index is 12.2. The lowest BCUT2D eigenvalue weighted by molar-refractivity contribution is -0.190. The molecule has 0 heterocycles. The summed E-state index contributed by atoms with van der Waals surface area (Å²) in [6, 6.07) is 0. The van der Waals surface area contributed by atoms with Crippen LogP contribution < -0.4 is 0 Å². The van der Waals surface area contributed by atoms with Crippen molar-refractivity contribution in [3.05, 3.63) is 0 Å². The molecule has 282 valence electrons. The molecule has 0 spiro atoms. The van der Waals surface area contributed by atoms with Gasteiger partial charge in [0.15, 0.2) is 6.10 Å². The van der Waals surface area contributed by atoms with Crippen LogP contribution in [0.3, 0.4) is 0 Å². The van der Waals surface area contributed by atoms with Crippen molar-refractivity contribution in [3.63, 3.8) is 0 Å².